The Kier molecular flexibility index (Phi) is 3.74. The van der Waals surface area contributed by atoms with Crippen LogP contribution < -0.4 is 4.74 Å². The fraction of sp³-hybridized carbons (Fsp3) is 0.188. The fourth-order valence-corrected chi connectivity index (χ4v) is 2.64. The summed E-state index contributed by atoms with van der Waals surface area (Å²) in [6, 6.07) is 11.3. The van der Waals surface area contributed by atoms with Gasteiger partial charge in [-0.3, -0.25) is 4.79 Å². The van der Waals surface area contributed by atoms with E-state index in [1.165, 1.54) is 18.2 Å². The van der Waals surface area contributed by atoms with Gasteiger partial charge in [0.15, 0.2) is 5.78 Å². The van der Waals surface area contributed by atoms with Crippen LogP contribution in [-0.4, -0.2) is 11.9 Å². The molecule has 2 nitrogen and oxygen atoms in total. The summed E-state index contributed by atoms with van der Waals surface area (Å²) < 4.78 is 19.4. The van der Waals surface area contributed by atoms with Crippen molar-refractivity contribution in [3.05, 3.63) is 63.0 Å². The largest absolute Gasteiger partial charge is 0.490 e. The van der Waals surface area contributed by atoms with Gasteiger partial charge in [0.1, 0.15) is 11.6 Å². The molecule has 3 rings (SSSR count). The number of carbonyl (C=O) groups excluding carboxylic acids is 1. The SMILES string of the molecule is O=C(c1cccc(OC2CC2)c1)c1ccc(F)cc1I. The molecule has 0 saturated heterocycles. The lowest BCUT2D eigenvalue weighted by molar-refractivity contribution is 0.103. The van der Waals surface area contributed by atoms with E-state index in [2.05, 4.69) is 0 Å². The molecule has 0 atom stereocenters. The highest BCUT2D eigenvalue weighted by atomic mass is 127. The highest BCUT2D eigenvalue weighted by molar-refractivity contribution is 14.1. The quantitative estimate of drug-likeness (QED) is 0.585. The smallest absolute Gasteiger partial charge is 0.194 e. The Morgan fingerprint density at radius 2 is 2.00 bits per heavy atom. The predicted octanol–water partition coefficient (Wildman–Crippen LogP) is 4.20. The van der Waals surface area contributed by atoms with Crippen molar-refractivity contribution in [2.45, 2.75) is 18.9 Å². The number of carbonyl (C=O) groups is 1. The van der Waals surface area contributed by atoms with Crippen molar-refractivity contribution < 1.29 is 13.9 Å². The van der Waals surface area contributed by atoms with Gasteiger partial charge in [0.2, 0.25) is 0 Å². The second kappa shape index (κ2) is 5.52. The van der Waals surface area contributed by atoms with Crippen molar-refractivity contribution in [2.24, 2.45) is 0 Å². The zero-order valence-electron chi connectivity index (χ0n) is 10.6. The maximum absolute atomic E-state index is 13.1. The van der Waals surface area contributed by atoms with Gasteiger partial charge in [-0.1, -0.05) is 12.1 Å². The van der Waals surface area contributed by atoms with Gasteiger partial charge in [0.25, 0.3) is 0 Å². The van der Waals surface area contributed by atoms with Crippen molar-refractivity contribution in [2.75, 3.05) is 0 Å². The van der Waals surface area contributed by atoms with Gasteiger partial charge in [-0.25, -0.2) is 4.39 Å². The normalized spacial score (nSPS) is 14.1. The van der Waals surface area contributed by atoms with Gasteiger partial charge in [0.05, 0.1) is 6.10 Å². The summed E-state index contributed by atoms with van der Waals surface area (Å²) in [5.41, 5.74) is 1.07. The molecule has 102 valence electrons. The molecule has 0 amide bonds. The van der Waals surface area contributed by atoms with E-state index in [4.69, 9.17) is 4.74 Å². The molecule has 2 aromatic rings. The van der Waals surface area contributed by atoms with Crippen LogP contribution in [0.4, 0.5) is 4.39 Å². The van der Waals surface area contributed by atoms with Gasteiger partial charge in [-0.2, -0.15) is 0 Å². The van der Waals surface area contributed by atoms with E-state index in [0.717, 1.165) is 18.6 Å². The van der Waals surface area contributed by atoms with Crippen LogP contribution in [0.1, 0.15) is 28.8 Å². The zero-order valence-corrected chi connectivity index (χ0v) is 12.8. The van der Waals surface area contributed by atoms with Gasteiger partial charge >= 0.3 is 0 Å². The number of hydrogen-bond acceptors (Lipinski definition) is 2. The third kappa shape index (κ3) is 3.00. The third-order valence-electron chi connectivity index (χ3n) is 3.10. The molecule has 0 heterocycles. The van der Waals surface area contributed by atoms with Crippen LogP contribution in [-0.2, 0) is 0 Å². The Balaban J connectivity index is 1.89. The average molecular weight is 382 g/mol. The molecule has 4 heteroatoms. The predicted molar refractivity (Wildman–Crippen MR) is 82.6 cm³/mol. The summed E-state index contributed by atoms with van der Waals surface area (Å²) in [4.78, 5) is 12.4. The standard InChI is InChI=1S/C16H12FIO2/c17-11-4-7-14(15(18)9-11)16(19)10-2-1-3-13(8-10)20-12-5-6-12/h1-4,7-9,12H,5-6H2. The van der Waals surface area contributed by atoms with Gasteiger partial charge in [-0.15, -0.1) is 0 Å². The Morgan fingerprint density at radius 1 is 1.20 bits per heavy atom. The molecule has 0 N–H and O–H groups in total. The second-order valence-corrected chi connectivity index (χ2v) is 5.96. The monoisotopic (exact) mass is 382 g/mol. The minimum atomic E-state index is -0.336. The molecule has 20 heavy (non-hydrogen) atoms. The van der Waals surface area contributed by atoms with E-state index in [1.54, 1.807) is 18.2 Å². The molecule has 2 aromatic carbocycles. The molecule has 0 aliphatic heterocycles. The minimum Gasteiger partial charge on any atom is -0.490 e. The van der Waals surface area contributed by atoms with Crippen molar-refractivity contribution in [3.63, 3.8) is 0 Å². The molecule has 1 fully saturated rings. The van der Waals surface area contributed by atoms with Crippen molar-refractivity contribution in [1.82, 2.24) is 0 Å². The molecule has 0 unspecified atom stereocenters. The molecule has 0 bridgehead atoms. The average Bonchev–Trinajstić information content (AvgIpc) is 3.22. The highest BCUT2D eigenvalue weighted by Gasteiger charge is 2.23. The topological polar surface area (TPSA) is 26.3 Å². The number of ether oxygens (including phenoxy) is 1. The Morgan fingerprint density at radius 3 is 2.70 bits per heavy atom. The Hall–Kier alpha value is -1.43. The minimum absolute atomic E-state index is 0.115. The lowest BCUT2D eigenvalue weighted by atomic mass is 10.0. The number of rotatable bonds is 4. The van der Waals surface area contributed by atoms with Crippen LogP contribution >= 0.6 is 22.6 Å². The second-order valence-electron chi connectivity index (χ2n) is 4.80. The zero-order chi connectivity index (χ0) is 14.1. The maximum atomic E-state index is 13.1. The van der Waals surface area contributed by atoms with Crippen LogP contribution in [0.3, 0.4) is 0 Å². The van der Waals surface area contributed by atoms with Crippen LogP contribution in [0, 0.1) is 9.39 Å². The van der Waals surface area contributed by atoms with Crippen molar-refractivity contribution >= 4 is 28.4 Å². The van der Waals surface area contributed by atoms with Crippen LogP contribution in [0.2, 0.25) is 0 Å². The van der Waals surface area contributed by atoms with Crippen molar-refractivity contribution in [1.29, 1.82) is 0 Å². The van der Waals surface area contributed by atoms with Crippen LogP contribution in [0.5, 0.6) is 5.75 Å². The summed E-state index contributed by atoms with van der Waals surface area (Å²) in [5.74, 6) is 0.267. The van der Waals surface area contributed by atoms with E-state index in [0.29, 0.717) is 20.8 Å². The number of ketones is 1. The van der Waals surface area contributed by atoms with E-state index in [9.17, 15) is 9.18 Å². The first-order chi connectivity index (χ1) is 9.63. The lowest BCUT2D eigenvalue weighted by Gasteiger charge is -2.07. The Labute approximate surface area is 130 Å². The lowest BCUT2D eigenvalue weighted by Crippen LogP contribution is -2.05. The molecule has 1 saturated carbocycles. The fourth-order valence-electron chi connectivity index (χ4n) is 1.92. The van der Waals surface area contributed by atoms with Gasteiger partial charge in [-0.05, 0) is 65.8 Å². The van der Waals surface area contributed by atoms with Crippen LogP contribution in [0.25, 0.3) is 0 Å². The number of hydrogen-bond donors (Lipinski definition) is 0. The number of benzene rings is 2. The summed E-state index contributed by atoms with van der Waals surface area (Å²) in [6.45, 7) is 0. The molecular weight excluding hydrogens is 370 g/mol. The molecule has 0 aromatic heterocycles. The van der Waals surface area contributed by atoms with Crippen molar-refractivity contribution in [3.8, 4) is 5.75 Å². The van der Waals surface area contributed by atoms with E-state index >= 15 is 0 Å². The first-order valence-corrected chi connectivity index (χ1v) is 7.48. The molecule has 1 aliphatic rings. The van der Waals surface area contributed by atoms with Gasteiger partial charge in [0, 0.05) is 14.7 Å². The van der Waals surface area contributed by atoms with Gasteiger partial charge < -0.3 is 4.74 Å². The van der Waals surface area contributed by atoms with E-state index in [-0.39, 0.29) is 11.6 Å². The summed E-state index contributed by atoms with van der Waals surface area (Å²) >= 11 is 1.97. The summed E-state index contributed by atoms with van der Waals surface area (Å²) in [5, 5.41) is 0. The van der Waals surface area contributed by atoms with E-state index in [1.807, 2.05) is 28.7 Å². The summed E-state index contributed by atoms with van der Waals surface area (Å²) in [6.07, 6.45) is 2.45. The Bertz CT molecular complexity index is 665. The molecule has 0 radical (unpaired) electrons. The summed E-state index contributed by atoms with van der Waals surface area (Å²) in [7, 11) is 0. The molecule has 1 aliphatic carbocycles. The third-order valence-corrected chi connectivity index (χ3v) is 3.99. The van der Waals surface area contributed by atoms with E-state index < -0.39 is 0 Å². The number of halogens is 2. The highest BCUT2D eigenvalue weighted by Crippen LogP contribution is 2.28. The first kappa shape index (κ1) is 13.5. The first-order valence-electron chi connectivity index (χ1n) is 6.40. The maximum Gasteiger partial charge on any atom is 0.194 e. The molecular formula is C16H12FIO2. The van der Waals surface area contributed by atoms with Crippen LogP contribution in [0.15, 0.2) is 42.5 Å². The molecule has 0 spiro atoms.